The van der Waals surface area contributed by atoms with Crippen molar-refractivity contribution in [3.8, 4) is 11.2 Å². The van der Waals surface area contributed by atoms with Crippen LogP contribution in [-0.4, -0.2) is 7.11 Å². The maximum Gasteiger partial charge on any atom is 0.143 e. The van der Waals surface area contributed by atoms with Gasteiger partial charge in [-0.25, -0.2) is 4.39 Å². The van der Waals surface area contributed by atoms with Gasteiger partial charge in [-0.05, 0) is 46.8 Å². The minimum atomic E-state index is -0.336. The minimum absolute atomic E-state index is 0.259. The highest BCUT2D eigenvalue weighted by atomic mass is 32.2. The number of ether oxygens (including phenoxy) is 1. The van der Waals surface area contributed by atoms with Crippen molar-refractivity contribution in [2.24, 2.45) is 0 Å². The molecule has 0 spiro atoms. The lowest BCUT2D eigenvalue weighted by atomic mass is 10.1. The van der Waals surface area contributed by atoms with E-state index in [1.165, 1.54) is 23.9 Å². The molecule has 1 nitrogen and oxygen atoms in total. The average Bonchev–Trinajstić information content (AvgIpc) is 2.46. The van der Waals surface area contributed by atoms with E-state index < -0.39 is 0 Å². The van der Waals surface area contributed by atoms with Crippen molar-refractivity contribution in [2.75, 3.05) is 7.11 Å². The number of hydrogen-bond donors (Lipinski definition) is 0. The number of halogens is 1. The van der Waals surface area contributed by atoms with Crippen molar-refractivity contribution in [1.29, 1.82) is 0 Å². The fourth-order valence-corrected chi connectivity index (χ4v) is 2.12. The Morgan fingerprint density at radius 1 is 1.05 bits per heavy atom. The van der Waals surface area contributed by atoms with E-state index >= 15 is 0 Å². The van der Waals surface area contributed by atoms with Gasteiger partial charge in [-0.1, -0.05) is 36.3 Å². The predicted octanol–water partition coefficient (Wildman–Crippen LogP) is 4.27. The van der Waals surface area contributed by atoms with Gasteiger partial charge >= 0.3 is 0 Å². The molecule has 2 rings (SSSR count). The van der Waals surface area contributed by atoms with Crippen molar-refractivity contribution >= 4 is 11.8 Å². The zero-order valence-electron chi connectivity index (χ0n) is 10.5. The Morgan fingerprint density at radius 2 is 1.74 bits per heavy atom. The zero-order valence-corrected chi connectivity index (χ0v) is 11.3. The Bertz CT molecular complexity index is 569. The molecule has 2 aromatic carbocycles. The molecule has 2 aromatic rings. The van der Waals surface area contributed by atoms with Gasteiger partial charge in [-0.3, -0.25) is 0 Å². The summed E-state index contributed by atoms with van der Waals surface area (Å²) >= 11 is 1.45. The maximum absolute atomic E-state index is 12.8. The minimum Gasteiger partial charge on any atom is -0.364 e. The Labute approximate surface area is 116 Å². The second-order valence-corrected chi connectivity index (χ2v) is 4.71. The molecule has 19 heavy (non-hydrogen) atoms. The molecule has 0 radical (unpaired) electrons. The van der Waals surface area contributed by atoms with Crippen molar-refractivity contribution in [2.45, 2.75) is 11.0 Å². The average molecular weight is 272 g/mol. The molecule has 0 aliphatic heterocycles. The Kier molecular flexibility index (Phi) is 5.02. The van der Waals surface area contributed by atoms with Gasteiger partial charge in [0.2, 0.25) is 0 Å². The van der Waals surface area contributed by atoms with Crippen molar-refractivity contribution in [3.63, 3.8) is 0 Å². The largest absolute Gasteiger partial charge is 0.364 e. The van der Waals surface area contributed by atoms with Crippen molar-refractivity contribution in [1.82, 2.24) is 0 Å². The summed E-state index contributed by atoms with van der Waals surface area (Å²) in [5.74, 6) is 2.76. The van der Waals surface area contributed by atoms with Crippen LogP contribution in [0.2, 0.25) is 0 Å². The molecular weight excluding hydrogens is 259 g/mol. The van der Waals surface area contributed by atoms with Gasteiger partial charge in [0.15, 0.2) is 0 Å². The van der Waals surface area contributed by atoms with E-state index in [-0.39, 0.29) is 11.9 Å². The van der Waals surface area contributed by atoms with E-state index in [1.807, 2.05) is 30.3 Å². The van der Waals surface area contributed by atoms with Gasteiger partial charge in [-0.2, -0.15) is 0 Å². The fourth-order valence-electron chi connectivity index (χ4n) is 1.55. The molecule has 3 heteroatoms. The molecule has 0 bridgehead atoms. The van der Waals surface area contributed by atoms with Crippen molar-refractivity contribution in [3.05, 3.63) is 66.0 Å². The summed E-state index contributed by atoms with van der Waals surface area (Å²) in [6.45, 7) is 0. The number of benzene rings is 2. The van der Waals surface area contributed by atoms with E-state index in [0.29, 0.717) is 0 Å². The Balaban J connectivity index is 2.06. The number of thioether (sulfide) groups is 1. The SMILES string of the molecule is COC(C#CSc1ccccc1)c1ccc(F)cc1. The highest BCUT2D eigenvalue weighted by Crippen LogP contribution is 2.19. The first-order valence-corrected chi connectivity index (χ1v) is 6.62. The molecule has 0 heterocycles. The van der Waals surface area contributed by atoms with E-state index in [4.69, 9.17) is 4.74 Å². The van der Waals surface area contributed by atoms with Crippen LogP contribution in [0.5, 0.6) is 0 Å². The van der Waals surface area contributed by atoms with Crippen LogP contribution in [0.4, 0.5) is 4.39 Å². The van der Waals surface area contributed by atoms with E-state index in [9.17, 15) is 4.39 Å². The lowest BCUT2D eigenvalue weighted by molar-refractivity contribution is 0.150. The van der Waals surface area contributed by atoms with Crippen LogP contribution in [0.25, 0.3) is 0 Å². The molecule has 0 N–H and O–H groups in total. The van der Waals surface area contributed by atoms with E-state index in [1.54, 1.807) is 19.2 Å². The van der Waals surface area contributed by atoms with Gasteiger partial charge in [0.1, 0.15) is 11.9 Å². The van der Waals surface area contributed by atoms with Crippen LogP contribution < -0.4 is 0 Å². The fraction of sp³-hybridized carbons (Fsp3) is 0.125. The maximum atomic E-state index is 12.8. The van der Waals surface area contributed by atoms with Gasteiger partial charge in [0.05, 0.1) is 0 Å². The highest BCUT2D eigenvalue weighted by molar-refractivity contribution is 8.03. The monoisotopic (exact) mass is 272 g/mol. The van der Waals surface area contributed by atoms with E-state index in [2.05, 4.69) is 11.2 Å². The third-order valence-corrected chi connectivity index (χ3v) is 3.24. The molecular formula is C16H13FOS. The summed E-state index contributed by atoms with van der Waals surface area (Å²) in [5.41, 5.74) is 0.852. The van der Waals surface area contributed by atoms with Gasteiger partial charge in [0.25, 0.3) is 0 Å². The summed E-state index contributed by atoms with van der Waals surface area (Å²) in [6, 6.07) is 16.1. The van der Waals surface area contributed by atoms with Crippen LogP contribution in [0.1, 0.15) is 11.7 Å². The zero-order chi connectivity index (χ0) is 13.5. The molecule has 0 aromatic heterocycles. The number of methoxy groups -OCH3 is 1. The lowest BCUT2D eigenvalue weighted by Crippen LogP contribution is -1.97. The molecule has 0 amide bonds. The first-order valence-electron chi connectivity index (χ1n) is 5.80. The Hall–Kier alpha value is -1.76. The quantitative estimate of drug-likeness (QED) is 0.609. The van der Waals surface area contributed by atoms with Crippen LogP contribution in [0.15, 0.2) is 59.5 Å². The summed E-state index contributed by atoms with van der Waals surface area (Å²) in [6.07, 6.45) is -0.336. The van der Waals surface area contributed by atoms with Crippen LogP contribution in [0.3, 0.4) is 0 Å². The predicted molar refractivity (Wildman–Crippen MR) is 76.2 cm³/mol. The molecule has 1 atom stereocenters. The topological polar surface area (TPSA) is 9.23 Å². The molecule has 0 saturated heterocycles. The summed E-state index contributed by atoms with van der Waals surface area (Å²) in [5, 5.41) is 3.01. The van der Waals surface area contributed by atoms with Crippen molar-refractivity contribution < 1.29 is 9.13 Å². The van der Waals surface area contributed by atoms with Crippen LogP contribution >= 0.6 is 11.8 Å². The number of hydrogen-bond acceptors (Lipinski definition) is 2. The van der Waals surface area contributed by atoms with Gasteiger partial charge in [-0.15, -0.1) is 0 Å². The van der Waals surface area contributed by atoms with Gasteiger partial charge < -0.3 is 4.74 Å². The van der Waals surface area contributed by atoms with Gasteiger partial charge in [0, 0.05) is 12.0 Å². The van der Waals surface area contributed by atoms with Crippen LogP contribution in [0, 0.1) is 17.0 Å². The molecule has 96 valence electrons. The summed E-state index contributed by atoms with van der Waals surface area (Å²) in [4.78, 5) is 1.09. The Morgan fingerprint density at radius 3 is 2.37 bits per heavy atom. The van der Waals surface area contributed by atoms with Crippen LogP contribution in [-0.2, 0) is 4.74 Å². The summed E-state index contributed by atoms with van der Waals surface area (Å²) < 4.78 is 18.2. The highest BCUT2D eigenvalue weighted by Gasteiger charge is 2.06. The molecule has 0 aliphatic carbocycles. The first-order chi connectivity index (χ1) is 9.29. The first kappa shape index (κ1) is 13.7. The third-order valence-electron chi connectivity index (χ3n) is 2.51. The standard InChI is InChI=1S/C16H13FOS/c1-18-16(13-7-9-14(17)10-8-13)11-12-19-15-5-3-2-4-6-15/h2-10,16H,1H3. The molecule has 0 aliphatic rings. The van der Waals surface area contributed by atoms with E-state index in [0.717, 1.165) is 10.5 Å². The second-order valence-electron chi connectivity index (χ2n) is 3.83. The second kappa shape index (κ2) is 6.98. The molecule has 1 unspecified atom stereocenters. The normalized spacial score (nSPS) is 11.5. The lowest BCUT2D eigenvalue weighted by Gasteiger charge is -2.08. The molecule has 0 saturated carbocycles. The number of rotatable bonds is 3. The summed E-state index contributed by atoms with van der Waals surface area (Å²) in [7, 11) is 1.59. The smallest absolute Gasteiger partial charge is 0.143 e. The molecule has 0 fully saturated rings. The third kappa shape index (κ3) is 4.13.